The number of hydrogen-bond donors (Lipinski definition) is 4. The van der Waals surface area contributed by atoms with Crippen LogP contribution in [0.15, 0.2) is 29.6 Å². The summed E-state index contributed by atoms with van der Waals surface area (Å²) in [7, 11) is 1.58. The number of nitrogens with one attached hydrogen (secondary N) is 3. The molecule has 1 amide bonds. The Bertz CT molecular complexity index is 823. The summed E-state index contributed by atoms with van der Waals surface area (Å²) in [5, 5.41) is 13.8. The second kappa shape index (κ2) is 7.68. The maximum Gasteiger partial charge on any atom is 0.261 e. The van der Waals surface area contributed by atoms with Gasteiger partial charge in [0.25, 0.3) is 5.91 Å². The summed E-state index contributed by atoms with van der Waals surface area (Å²) >= 11 is 5.75. The number of carbonyl (C=O) groups is 2. The third kappa shape index (κ3) is 3.98. The number of benzene rings is 1. The zero-order chi connectivity index (χ0) is 19.7. The number of hydrogen-bond acceptors (Lipinski definition) is 5. The fraction of sp³-hybridized carbons (Fsp3) is 0.421. The average molecular weight is 393 g/mol. The van der Waals surface area contributed by atoms with Crippen molar-refractivity contribution >= 4 is 34.7 Å². The van der Waals surface area contributed by atoms with E-state index in [2.05, 4.69) is 10.6 Å². The minimum absolute atomic E-state index is 0.0641. The predicted octanol–water partition coefficient (Wildman–Crippen LogP) is 2.83. The molecule has 0 aliphatic heterocycles. The van der Waals surface area contributed by atoms with Crippen molar-refractivity contribution in [3.8, 4) is 0 Å². The lowest BCUT2D eigenvalue weighted by Gasteiger charge is -2.18. The van der Waals surface area contributed by atoms with E-state index in [-0.39, 0.29) is 33.8 Å². The van der Waals surface area contributed by atoms with Crippen molar-refractivity contribution in [2.75, 3.05) is 12.4 Å². The molecule has 5 N–H and O–H groups in total. The van der Waals surface area contributed by atoms with Crippen LogP contribution in [-0.2, 0) is 9.59 Å². The monoisotopic (exact) mass is 392 g/mol. The Kier molecular flexibility index (Phi) is 5.51. The zero-order valence-electron chi connectivity index (χ0n) is 14.9. The average Bonchev–Trinajstić information content (AvgIpc) is 3.15. The number of nitrogens with two attached hydrogens (primary N) is 1. The maximum absolute atomic E-state index is 13.3. The Morgan fingerprint density at radius 1 is 1.30 bits per heavy atom. The molecule has 0 saturated heterocycles. The first kappa shape index (κ1) is 19.4. The highest BCUT2D eigenvalue weighted by Crippen LogP contribution is 2.46. The van der Waals surface area contributed by atoms with Gasteiger partial charge in [-0.3, -0.25) is 9.59 Å². The Hall–Kier alpha value is -2.41. The van der Waals surface area contributed by atoms with Gasteiger partial charge in [0.1, 0.15) is 23.0 Å². The van der Waals surface area contributed by atoms with Gasteiger partial charge in [0.2, 0.25) is 0 Å². The number of Topliss-reactive ketones (excluding diaryl/α,β-unsaturated/α-hetero) is 1. The number of fused-ring (bicyclic) bond motifs is 1. The first-order valence-corrected chi connectivity index (χ1v) is 9.22. The van der Waals surface area contributed by atoms with Crippen molar-refractivity contribution in [1.82, 2.24) is 5.32 Å². The first-order chi connectivity index (χ1) is 12.8. The summed E-state index contributed by atoms with van der Waals surface area (Å²) in [5.74, 6) is -0.289. The van der Waals surface area contributed by atoms with E-state index in [0.717, 1.165) is 6.07 Å². The van der Waals surface area contributed by atoms with E-state index in [9.17, 15) is 14.0 Å². The molecule has 0 spiro atoms. The Morgan fingerprint density at radius 2 is 1.93 bits per heavy atom. The zero-order valence-corrected chi connectivity index (χ0v) is 15.7. The van der Waals surface area contributed by atoms with E-state index in [1.54, 1.807) is 7.05 Å². The van der Waals surface area contributed by atoms with Crippen LogP contribution in [0, 0.1) is 29.0 Å². The highest BCUT2D eigenvalue weighted by atomic mass is 35.5. The number of amides is 1. The van der Waals surface area contributed by atoms with Gasteiger partial charge in [-0.2, -0.15) is 0 Å². The van der Waals surface area contributed by atoms with Gasteiger partial charge >= 0.3 is 0 Å². The van der Waals surface area contributed by atoms with Crippen LogP contribution in [0.2, 0.25) is 5.02 Å². The Labute approximate surface area is 161 Å². The molecule has 0 radical (unpaired) electrons. The van der Waals surface area contributed by atoms with Gasteiger partial charge in [-0.25, -0.2) is 4.39 Å². The first-order valence-electron chi connectivity index (χ1n) is 8.84. The third-order valence-corrected chi connectivity index (χ3v) is 5.73. The van der Waals surface area contributed by atoms with E-state index in [0.29, 0.717) is 43.2 Å². The summed E-state index contributed by atoms with van der Waals surface area (Å²) in [6.07, 6.45) is 2.56. The Balaban J connectivity index is 1.78. The quantitative estimate of drug-likeness (QED) is 0.456. The SMILES string of the molecule is CN/C(N)=C(\C(=N)C1CC2CC(=O)CC2C1)C(=O)Nc1ccc(F)c(Cl)c1. The van der Waals surface area contributed by atoms with Gasteiger partial charge in [-0.15, -0.1) is 0 Å². The molecule has 0 aromatic heterocycles. The molecule has 2 aliphatic carbocycles. The van der Waals surface area contributed by atoms with Gasteiger partial charge < -0.3 is 21.8 Å². The molecule has 2 atom stereocenters. The topological polar surface area (TPSA) is 108 Å². The highest BCUT2D eigenvalue weighted by molar-refractivity contribution is 6.31. The molecular weight excluding hydrogens is 371 g/mol. The van der Waals surface area contributed by atoms with Crippen LogP contribution in [0.5, 0.6) is 0 Å². The van der Waals surface area contributed by atoms with E-state index >= 15 is 0 Å². The van der Waals surface area contributed by atoms with Crippen LogP contribution in [0.3, 0.4) is 0 Å². The lowest BCUT2D eigenvalue weighted by molar-refractivity contribution is -0.118. The van der Waals surface area contributed by atoms with Gasteiger partial charge in [0.15, 0.2) is 0 Å². The van der Waals surface area contributed by atoms with Crippen LogP contribution < -0.4 is 16.4 Å². The molecule has 8 heteroatoms. The molecule has 0 bridgehead atoms. The normalized spacial score (nSPS) is 25.0. The fourth-order valence-electron chi connectivity index (χ4n) is 4.10. The lowest BCUT2D eigenvalue weighted by Crippen LogP contribution is -2.32. The maximum atomic E-state index is 13.3. The van der Waals surface area contributed by atoms with Crippen molar-refractivity contribution in [1.29, 1.82) is 5.41 Å². The van der Waals surface area contributed by atoms with Crippen LogP contribution in [0.1, 0.15) is 25.7 Å². The van der Waals surface area contributed by atoms with Crippen LogP contribution >= 0.6 is 11.6 Å². The summed E-state index contributed by atoms with van der Waals surface area (Å²) in [6.45, 7) is 0. The summed E-state index contributed by atoms with van der Waals surface area (Å²) in [4.78, 5) is 24.4. The number of carbonyl (C=O) groups excluding carboxylic acids is 2. The summed E-state index contributed by atoms with van der Waals surface area (Å²) in [5.41, 5.74) is 6.50. The molecule has 1 aromatic rings. The second-order valence-corrected chi connectivity index (χ2v) is 7.58. The van der Waals surface area contributed by atoms with Crippen molar-refractivity contribution < 1.29 is 14.0 Å². The molecular formula is C19H22ClFN4O2. The molecule has 6 nitrogen and oxygen atoms in total. The molecule has 144 valence electrons. The van der Waals surface area contributed by atoms with Gasteiger partial charge in [-0.05, 0) is 42.9 Å². The standard InChI is InChI=1S/C19H22ClFN4O2/c1-24-18(23)16(19(27)25-12-2-3-15(21)14(20)8-12)17(22)11-4-9-6-13(26)7-10(9)5-11/h2-3,8-11,22,24H,4-7,23H2,1H3,(H,25,27)/b18-16+,22-17?. The number of anilines is 1. The molecule has 2 saturated carbocycles. The van der Waals surface area contributed by atoms with Gasteiger partial charge in [0, 0.05) is 31.5 Å². The number of rotatable bonds is 5. The molecule has 2 unspecified atom stereocenters. The summed E-state index contributed by atoms with van der Waals surface area (Å²) in [6, 6.07) is 3.85. The van der Waals surface area contributed by atoms with Crippen molar-refractivity contribution in [3.05, 3.63) is 40.4 Å². The minimum Gasteiger partial charge on any atom is -0.385 e. The molecule has 2 aliphatic rings. The van der Waals surface area contributed by atoms with E-state index < -0.39 is 11.7 Å². The largest absolute Gasteiger partial charge is 0.385 e. The molecule has 1 aromatic carbocycles. The smallest absolute Gasteiger partial charge is 0.261 e. The summed E-state index contributed by atoms with van der Waals surface area (Å²) < 4.78 is 13.3. The molecule has 0 heterocycles. The fourth-order valence-corrected chi connectivity index (χ4v) is 4.28. The van der Waals surface area contributed by atoms with Gasteiger partial charge in [0.05, 0.1) is 10.7 Å². The van der Waals surface area contributed by atoms with Crippen molar-refractivity contribution in [2.45, 2.75) is 25.7 Å². The Morgan fingerprint density at radius 3 is 2.48 bits per heavy atom. The predicted molar refractivity (Wildman–Crippen MR) is 102 cm³/mol. The number of halogens is 2. The minimum atomic E-state index is -0.583. The lowest BCUT2D eigenvalue weighted by atomic mass is 9.92. The van der Waals surface area contributed by atoms with Gasteiger partial charge in [-0.1, -0.05) is 11.6 Å². The van der Waals surface area contributed by atoms with E-state index in [1.165, 1.54) is 12.1 Å². The van der Waals surface area contributed by atoms with Crippen molar-refractivity contribution in [2.24, 2.45) is 23.5 Å². The number of ketones is 1. The second-order valence-electron chi connectivity index (χ2n) is 7.17. The van der Waals surface area contributed by atoms with Crippen LogP contribution in [0.25, 0.3) is 0 Å². The van der Waals surface area contributed by atoms with Crippen LogP contribution in [0.4, 0.5) is 10.1 Å². The van der Waals surface area contributed by atoms with Crippen LogP contribution in [-0.4, -0.2) is 24.4 Å². The highest BCUT2D eigenvalue weighted by Gasteiger charge is 2.43. The van der Waals surface area contributed by atoms with E-state index in [4.69, 9.17) is 22.7 Å². The molecule has 3 rings (SSSR count). The van der Waals surface area contributed by atoms with E-state index in [1.807, 2.05) is 0 Å². The third-order valence-electron chi connectivity index (χ3n) is 5.44. The molecule has 27 heavy (non-hydrogen) atoms. The molecule has 2 fully saturated rings. The van der Waals surface area contributed by atoms with Crippen molar-refractivity contribution in [3.63, 3.8) is 0 Å².